The van der Waals surface area contributed by atoms with E-state index < -0.39 is 5.60 Å². The topological polar surface area (TPSA) is 23.5 Å². The van der Waals surface area contributed by atoms with Gasteiger partial charge in [0.25, 0.3) is 0 Å². The molecule has 3 atom stereocenters. The second kappa shape index (κ2) is 10.7. The minimum absolute atomic E-state index is 0. The highest BCUT2D eigenvalue weighted by Gasteiger charge is 2.43. The zero-order valence-electron chi connectivity index (χ0n) is 17.3. The van der Waals surface area contributed by atoms with Crippen molar-refractivity contribution in [2.45, 2.75) is 42.6 Å². The SMILES string of the molecule is CSc1cccc(C2(O)CCC(CCc3ccccc3)CC2CN(C)C)c1.Cl. The fourth-order valence-corrected chi connectivity index (χ4v) is 5.02. The molecule has 4 heteroatoms. The minimum atomic E-state index is -0.709. The second-order valence-electron chi connectivity index (χ2n) is 8.28. The van der Waals surface area contributed by atoms with Gasteiger partial charge in [-0.2, -0.15) is 0 Å². The fourth-order valence-electron chi connectivity index (χ4n) is 4.56. The van der Waals surface area contributed by atoms with Crippen LogP contribution in [0.3, 0.4) is 0 Å². The molecule has 0 aromatic heterocycles. The lowest BCUT2D eigenvalue weighted by atomic mass is 9.66. The number of halogens is 1. The third kappa shape index (κ3) is 5.76. The fraction of sp³-hybridized carbons (Fsp3) is 0.500. The Morgan fingerprint density at radius 1 is 1.11 bits per heavy atom. The third-order valence-corrected chi connectivity index (χ3v) is 6.79. The van der Waals surface area contributed by atoms with Crippen LogP contribution in [-0.4, -0.2) is 36.9 Å². The summed E-state index contributed by atoms with van der Waals surface area (Å²) in [5.41, 5.74) is 1.82. The van der Waals surface area contributed by atoms with E-state index in [4.69, 9.17) is 0 Å². The molecule has 2 nitrogen and oxygen atoms in total. The van der Waals surface area contributed by atoms with Gasteiger partial charge in [0, 0.05) is 17.4 Å². The monoisotopic (exact) mass is 419 g/mol. The van der Waals surface area contributed by atoms with Crippen molar-refractivity contribution < 1.29 is 5.11 Å². The van der Waals surface area contributed by atoms with Crippen LogP contribution in [0.1, 0.15) is 36.8 Å². The van der Waals surface area contributed by atoms with Gasteiger partial charge < -0.3 is 10.0 Å². The van der Waals surface area contributed by atoms with Crippen LogP contribution in [-0.2, 0) is 12.0 Å². The van der Waals surface area contributed by atoms with Crippen LogP contribution in [0.15, 0.2) is 59.5 Å². The van der Waals surface area contributed by atoms with Crippen LogP contribution in [0.4, 0.5) is 0 Å². The predicted molar refractivity (Wildman–Crippen MR) is 124 cm³/mol. The standard InChI is InChI=1S/C24H33NOS.ClH/c1-25(2)18-22-16-20(13-12-19-8-5-4-6-9-19)14-15-24(22,26)21-10-7-11-23(17-21)27-3;/h4-11,17,20,22,26H,12-16,18H2,1-3H3;1H. The molecule has 1 N–H and O–H groups in total. The maximum absolute atomic E-state index is 11.7. The highest BCUT2D eigenvalue weighted by Crippen LogP contribution is 2.45. The van der Waals surface area contributed by atoms with Crippen molar-refractivity contribution in [2.24, 2.45) is 11.8 Å². The van der Waals surface area contributed by atoms with Crippen LogP contribution in [0.2, 0.25) is 0 Å². The van der Waals surface area contributed by atoms with E-state index >= 15 is 0 Å². The normalized spacial score (nSPS) is 24.8. The predicted octanol–water partition coefficient (Wildman–Crippen LogP) is 5.63. The lowest BCUT2D eigenvalue weighted by molar-refractivity contribution is -0.0762. The van der Waals surface area contributed by atoms with Crippen LogP contribution in [0, 0.1) is 11.8 Å². The molecule has 1 fully saturated rings. The number of benzene rings is 2. The van der Waals surface area contributed by atoms with E-state index in [9.17, 15) is 5.11 Å². The van der Waals surface area contributed by atoms with Gasteiger partial charge >= 0.3 is 0 Å². The van der Waals surface area contributed by atoms with Crippen molar-refractivity contribution in [3.8, 4) is 0 Å². The summed E-state index contributed by atoms with van der Waals surface area (Å²) in [6.07, 6.45) is 7.53. The van der Waals surface area contributed by atoms with Gasteiger partial charge in [0.05, 0.1) is 5.60 Å². The van der Waals surface area contributed by atoms with Gasteiger partial charge in [-0.1, -0.05) is 42.5 Å². The minimum Gasteiger partial charge on any atom is -0.385 e. The Bertz CT molecular complexity index is 724. The number of hydrogen-bond donors (Lipinski definition) is 1. The van der Waals surface area contributed by atoms with E-state index in [-0.39, 0.29) is 18.3 Å². The first kappa shape index (κ1) is 23.3. The van der Waals surface area contributed by atoms with E-state index in [1.54, 1.807) is 11.8 Å². The first-order valence-corrected chi connectivity index (χ1v) is 11.3. The number of nitrogens with zero attached hydrogens (tertiary/aromatic N) is 1. The Morgan fingerprint density at radius 2 is 1.86 bits per heavy atom. The maximum atomic E-state index is 11.7. The number of hydrogen-bond acceptors (Lipinski definition) is 3. The van der Waals surface area contributed by atoms with Gasteiger partial charge in [0.15, 0.2) is 0 Å². The molecule has 3 rings (SSSR count). The number of aliphatic hydroxyl groups is 1. The largest absolute Gasteiger partial charge is 0.385 e. The van der Waals surface area contributed by atoms with Crippen LogP contribution in [0.25, 0.3) is 0 Å². The average Bonchev–Trinajstić information content (AvgIpc) is 2.69. The molecule has 0 amide bonds. The second-order valence-corrected chi connectivity index (χ2v) is 9.16. The van der Waals surface area contributed by atoms with E-state index in [0.717, 1.165) is 37.8 Å². The first-order valence-electron chi connectivity index (χ1n) is 10.1. The van der Waals surface area contributed by atoms with Crippen molar-refractivity contribution in [3.05, 3.63) is 65.7 Å². The summed E-state index contributed by atoms with van der Waals surface area (Å²) >= 11 is 1.75. The van der Waals surface area contributed by atoms with Crippen molar-refractivity contribution in [1.82, 2.24) is 4.90 Å². The molecule has 0 heterocycles. The van der Waals surface area contributed by atoms with Gasteiger partial charge in [0.2, 0.25) is 0 Å². The Kier molecular flexibility index (Phi) is 8.88. The smallest absolute Gasteiger partial charge is 0.0937 e. The summed E-state index contributed by atoms with van der Waals surface area (Å²) < 4.78 is 0. The number of rotatable bonds is 7. The zero-order valence-corrected chi connectivity index (χ0v) is 18.9. The van der Waals surface area contributed by atoms with E-state index in [1.807, 2.05) is 0 Å². The Balaban J connectivity index is 0.00000280. The molecule has 28 heavy (non-hydrogen) atoms. The van der Waals surface area contributed by atoms with Gasteiger partial charge in [-0.15, -0.1) is 24.2 Å². The van der Waals surface area contributed by atoms with Crippen LogP contribution in [0.5, 0.6) is 0 Å². The summed E-state index contributed by atoms with van der Waals surface area (Å²) in [6, 6.07) is 19.3. The Labute approximate surface area is 181 Å². The molecule has 1 aliphatic carbocycles. The zero-order chi connectivity index (χ0) is 19.3. The van der Waals surface area contributed by atoms with E-state index in [2.05, 4.69) is 79.8 Å². The average molecular weight is 420 g/mol. The van der Waals surface area contributed by atoms with Crippen molar-refractivity contribution in [3.63, 3.8) is 0 Å². The molecule has 0 aliphatic heterocycles. The molecule has 2 aromatic rings. The molecule has 0 saturated heterocycles. The van der Waals surface area contributed by atoms with Crippen molar-refractivity contribution in [2.75, 3.05) is 26.9 Å². The molecular formula is C24H34ClNOS. The molecule has 1 aliphatic rings. The molecule has 0 bridgehead atoms. The van der Waals surface area contributed by atoms with Gasteiger partial charge in [-0.25, -0.2) is 0 Å². The van der Waals surface area contributed by atoms with Gasteiger partial charge in [-0.05, 0) is 81.6 Å². The number of thioether (sulfide) groups is 1. The van der Waals surface area contributed by atoms with Crippen molar-refractivity contribution in [1.29, 1.82) is 0 Å². The molecule has 154 valence electrons. The van der Waals surface area contributed by atoms with Crippen LogP contribution < -0.4 is 0 Å². The maximum Gasteiger partial charge on any atom is 0.0937 e. The highest BCUT2D eigenvalue weighted by atomic mass is 35.5. The van der Waals surface area contributed by atoms with E-state index in [0.29, 0.717) is 5.92 Å². The molecule has 3 unspecified atom stereocenters. The Morgan fingerprint density at radius 3 is 2.54 bits per heavy atom. The Hall–Kier alpha value is -1.00. The summed E-state index contributed by atoms with van der Waals surface area (Å²) in [4.78, 5) is 3.46. The lowest BCUT2D eigenvalue weighted by Gasteiger charge is -2.45. The summed E-state index contributed by atoms with van der Waals surface area (Å²) in [5, 5.41) is 11.7. The number of aryl methyl sites for hydroxylation is 1. The molecule has 1 saturated carbocycles. The molecular weight excluding hydrogens is 386 g/mol. The summed E-state index contributed by atoms with van der Waals surface area (Å²) in [5.74, 6) is 0.971. The van der Waals surface area contributed by atoms with Crippen LogP contribution >= 0.6 is 24.2 Å². The molecule has 0 radical (unpaired) electrons. The van der Waals surface area contributed by atoms with Crippen molar-refractivity contribution >= 4 is 24.2 Å². The summed E-state index contributed by atoms with van der Waals surface area (Å²) in [6.45, 7) is 0.932. The van der Waals surface area contributed by atoms with Gasteiger partial charge in [-0.3, -0.25) is 0 Å². The van der Waals surface area contributed by atoms with E-state index in [1.165, 1.54) is 16.9 Å². The molecule has 2 aromatic carbocycles. The summed E-state index contributed by atoms with van der Waals surface area (Å²) in [7, 11) is 4.23. The first-order chi connectivity index (χ1) is 13.0. The molecule has 0 spiro atoms. The highest BCUT2D eigenvalue weighted by molar-refractivity contribution is 7.98. The lowest BCUT2D eigenvalue weighted by Crippen LogP contribution is -2.45. The third-order valence-electron chi connectivity index (χ3n) is 6.07. The van der Waals surface area contributed by atoms with Gasteiger partial charge in [0.1, 0.15) is 0 Å². The quantitative estimate of drug-likeness (QED) is 0.588.